The molecule has 58 heavy (non-hydrogen) atoms. The molecule has 0 aliphatic carbocycles. The second-order valence-corrected chi connectivity index (χ2v) is 17.3. The van der Waals surface area contributed by atoms with E-state index in [-0.39, 0.29) is 16.6 Å². The van der Waals surface area contributed by atoms with Gasteiger partial charge in [0.15, 0.2) is 0 Å². The highest BCUT2D eigenvalue weighted by molar-refractivity contribution is 6.13. The van der Waals surface area contributed by atoms with Crippen molar-refractivity contribution in [1.29, 1.82) is 0 Å². The Morgan fingerprint density at radius 2 is 1.03 bits per heavy atom. The summed E-state index contributed by atoms with van der Waals surface area (Å²) in [5.74, 6) is 0.202. The molecule has 1 N–H and O–H groups in total. The molecular weight excluding hydrogens is 707 g/mol. The van der Waals surface area contributed by atoms with Gasteiger partial charge in [0, 0.05) is 44.9 Å². The molecule has 0 aliphatic rings. The topological polar surface area (TPSA) is 50.9 Å². The Hall–Kier alpha value is -6.78. The van der Waals surface area contributed by atoms with Crippen LogP contribution < -0.4 is 0 Å². The van der Waals surface area contributed by atoms with Gasteiger partial charge in [0.1, 0.15) is 5.75 Å². The zero-order chi connectivity index (χ0) is 40.2. The molecule has 0 radical (unpaired) electrons. The van der Waals surface area contributed by atoms with Crippen molar-refractivity contribution >= 4 is 21.8 Å². The molecule has 0 spiro atoms. The van der Waals surface area contributed by atoms with Crippen molar-refractivity contribution in [3.8, 4) is 67.5 Å². The number of hydrogen-bond acceptors (Lipinski definition) is 3. The molecule has 3 aromatic heterocycles. The maximum Gasteiger partial charge on any atom is 0.124 e. The first-order valence-electron chi connectivity index (χ1n) is 20.0. The largest absolute Gasteiger partial charge is 0.507 e. The second kappa shape index (κ2) is 14.3. The van der Waals surface area contributed by atoms with Crippen LogP contribution >= 0.6 is 0 Å². The summed E-state index contributed by atoms with van der Waals surface area (Å²) in [5, 5.41) is 13.5. The van der Waals surface area contributed by atoms with E-state index in [0.29, 0.717) is 5.56 Å². The number of benzene rings is 6. The fourth-order valence-corrected chi connectivity index (χ4v) is 8.02. The Bertz CT molecular complexity index is 2950. The van der Waals surface area contributed by atoms with Gasteiger partial charge in [-0.3, -0.25) is 4.98 Å². The van der Waals surface area contributed by atoms with Crippen LogP contribution in [0.25, 0.3) is 83.5 Å². The molecule has 0 fully saturated rings. The van der Waals surface area contributed by atoms with Crippen molar-refractivity contribution < 1.29 is 5.11 Å². The number of nitrogens with zero attached hydrogens (tertiary/aromatic N) is 3. The van der Waals surface area contributed by atoms with E-state index < -0.39 is 0 Å². The summed E-state index contributed by atoms with van der Waals surface area (Å²) < 4.78 is 2.38. The monoisotopic (exact) mass is 753 g/mol. The fourth-order valence-electron chi connectivity index (χ4n) is 8.02. The normalized spacial score (nSPS) is 12.0. The van der Waals surface area contributed by atoms with Crippen molar-refractivity contribution in [2.45, 2.75) is 52.4 Å². The van der Waals surface area contributed by atoms with Gasteiger partial charge < -0.3 is 9.67 Å². The van der Waals surface area contributed by atoms with Gasteiger partial charge in [-0.1, -0.05) is 145 Å². The highest BCUT2D eigenvalue weighted by atomic mass is 16.3. The molecule has 0 saturated carbocycles. The first kappa shape index (κ1) is 36.8. The third-order valence-electron chi connectivity index (χ3n) is 11.2. The Morgan fingerprint density at radius 3 is 1.78 bits per heavy atom. The van der Waals surface area contributed by atoms with Crippen molar-refractivity contribution in [2.24, 2.45) is 0 Å². The molecule has 9 rings (SSSR count). The summed E-state index contributed by atoms with van der Waals surface area (Å²) >= 11 is 0. The van der Waals surface area contributed by atoms with Crippen molar-refractivity contribution in [3.05, 3.63) is 181 Å². The van der Waals surface area contributed by atoms with Crippen LogP contribution in [0.4, 0.5) is 0 Å². The average molecular weight is 754 g/mol. The van der Waals surface area contributed by atoms with E-state index in [1.807, 2.05) is 24.4 Å². The lowest BCUT2D eigenvalue weighted by Crippen LogP contribution is -2.16. The van der Waals surface area contributed by atoms with Gasteiger partial charge in [-0.2, -0.15) is 0 Å². The minimum Gasteiger partial charge on any atom is -0.507 e. The zero-order valence-electron chi connectivity index (χ0n) is 34.0. The van der Waals surface area contributed by atoms with Crippen LogP contribution in [-0.2, 0) is 10.8 Å². The lowest BCUT2D eigenvalue weighted by Gasteiger charge is -2.26. The molecule has 4 heteroatoms. The first-order valence-corrected chi connectivity index (χ1v) is 20.0. The maximum absolute atomic E-state index is 11.0. The van der Waals surface area contributed by atoms with Gasteiger partial charge in [-0.15, -0.1) is 0 Å². The number of phenolic OH excluding ortho intramolecular Hbond substituents is 1. The molecule has 6 aromatic carbocycles. The van der Waals surface area contributed by atoms with Crippen molar-refractivity contribution in [3.63, 3.8) is 0 Å². The highest BCUT2D eigenvalue weighted by Crippen LogP contribution is 2.41. The summed E-state index contributed by atoms with van der Waals surface area (Å²) in [4.78, 5) is 10.1. The highest BCUT2D eigenvalue weighted by Gasteiger charge is 2.22. The average Bonchev–Trinajstić information content (AvgIpc) is 3.58. The summed E-state index contributed by atoms with van der Waals surface area (Å²) in [6.45, 7) is 13.6. The van der Waals surface area contributed by atoms with Crippen LogP contribution in [0.5, 0.6) is 5.75 Å². The number of fused-ring (bicyclic) bond motifs is 3. The Morgan fingerprint density at radius 1 is 0.448 bits per heavy atom. The number of phenols is 1. The lowest BCUT2D eigenvalue weighted by molar-refractivity contribution is 0.477. The van der Waals surface area contributed by atoms with Crippen molar-refractivity contribution in [2.75, 3.05) is 0 Å². The second-order valence-electron chi connectivity index (χ2n) is 17.3. The van der Waals surface area contributed by atoms with E-state index in [0.717, 1.165) is 56.1 Å². The molecule has 0 unspecified atom stereocenters. The smallest absolute Gasteiger partial charge is 0.124 e. The van der Waals surface area contributed by atoms with Crippen LogP contribution in [-0.4, -0.2) is 19.6 Å². The van der Waals surface area contributed by atoms with Crippen LogP contribution in [0.15, 0.2) is 170 Å². The lowest BCUT2D eigenvalue weighted by atomic mass is 9.79. The maximum atomic E-state index is 11.0. The number of pyridine rings is 2. The molecule has 0 amide bonds. The SMILES string of the molecule is CC(C)(C)c1cc(-c2cc(-c3cccc(-c4cc(-c5cccc6c7ccccc7n(-c7ccccc7)c56)ccn4)c3)nc(-c3ccccc3O)c2)cc(C(C)(C)C)c1. The predicted octanol–water partition coefficient (Wildman–Crippen LogP) is 14.2. The Balaban J connectivity index is 1.19. The van der Waals surface area contributed by atoms with Gasteiger partial charge in [0.05, 0.1) is 28.1 Å². The van der Waals surface area contributed by atoms with E-state index in [9.17, 15) is 5.11 Å². The zero-order valence-corrected chi connectivity index (χ0v) is 34.0. The minimum atomic E-state index is -0.0358. The van der Waals surface area contributed by atoms with Gasteiger partial charge in [0.2, 0.25) is 0 Å². The number of hydrogen-bond donors (Lipinski definition) is 1. The molecule has 0 saturated heterocycles. The third-order valence-corrected chi connectivity index (χ3v) is 11.2. The van der Waals surface area contributed by atoms with Gasteiger partial charge in [0.25, 0.3) is 0 Å². The third kappa shape index (κ3) is 6.85. The van der Waals surface area contributed by atoms with Crippen LogP contribution in [0.3, 0.4) is 0 Å². The molecule has 9 aromatic rings. The Labute approximate surface area is 341 Å². The summed E-state index contributed by atoms with van der Waals surface area (Å²) in [5.41, 5.74) is 15.5. The van der Waals surface area contributed by atoms with Crippen molar-refractivity contribution in [1.82, 2.24) is 14.5 Å². The first-order chi connectivity index (χ1) is 27.9. The molecule has 0 bridgehead atoms. The predicted molar refractivity (Wildman–Crippen MR) is 243 cm³/mol. The van der Waals surface area contributed by atoms with Crippen LogP contribution in [0.2, 0.25) is 0 Å². The molecular formula is C54H47N3O. The van der Waals surface area contributed by atoms with Crippen LogP contribution in [0, 0.1) is 0 Å². The summed E-state index contributed by atoms with van der Waals surface area (Å²) in [6, 6.07) is 57.3. The molecule has 0 aliphatic heterocycles. The molecule has 4 nitrogen and oxygen atoms in total. The summed E-state index contributed by atoms with van der Waals surface area (Å²) in [7, 11) is 0. The van der Waals surface area contributed by atoms with Gasteiger partial charge >= 0.3 is 0 Å². The standard InChI is InChI=1S/C54H47N3O/c1-53(2,3)40-29-38(30-41(34-40)54(4,5)6)39-32-48(56-49(33-39)46-21-11-13-25-51(46)58)37-17-14-16-36(28-37)47-31-35(26-27-55-47)43-22-15-23-45-44-20-10-12-24-50(44)57(52(43)45)42-18-8-7-9-19-42/h7-34,58H,1-6H3. The van der Waals surface area contributed by atoms with E-state index in [2.05, 4.69) is 186 Å². The Kier molecular flexibility index (Phi) is 9.09. The van der Waals surface area contributed by atoms with E-state index >= 15 is 0 Å². The molecule has 3 heterocycles. The molecule has 284 valence electrons. The minimum absolute atomic E-state index is 0.0358. The van der Waals surface area contributed by atoms with E-state index in [4.69, 9.17) is 9.97 Å². The number of para-hydroxylation sites is 4. The van der Waals surface area contributed by atoms with Gasteiger partial charge in [-0.05, 0) is 99.3 Å². The van der Waals surface area contributed by atoms with Gasteiger partial charge in [-0.25, -0.2) is 4.98 Å². The molecule has 0 atom stereocenters. The van der Waals surface area contributed by atoms with Crippen LogP contribution in [0.1, 0.15) is 52.7 Å². The number of rotatable bonds is 6. The fraction of sp³-hybridized carbons (Fsp3) is 0.148. The van der Waals surface area contributed by atoms with E-state index in [1.54, 1.807) is 6.07 Å². The summed E-state index contributed by atoms with van der Waals surface area (Å²) in [6.07, 6.45) is 1.91. The quantitative estimate of drug-likeness (QED) is 0.184. The number of aromatic nitrogens is 3. The van der Waals surface area contributed by atoms with E-state index in [1.165, 1.54) is 32.9 Å². The number of aromatic hydroxyl groups is 1.